The van der Waals surface area contributed by atoms with E-state index in [0.29, 0.717) is 18.5 Å². The molecule has 0 amide bonds. The maximum atomic E-state index is 9.49. The second-order valence-electron chi connectivity index (χ2n) is 3.44. The Kier molecular flexibility index (Phi) is 5.91. The van der Waals surface area contributed by atoms with Crippen molar-refractivity contribution in [1.82, 2.24) is 5.32 Å². The number of nitrogens with one attached hydrogen (secondary N) is 2. The molecule has 0 rings (SSSR count). The first-order chi connectivity index (χ1) is 6.45. The Morgan fingerprint density at radius 1 is 1.64 bits per heavy atom. The largest absolute Gasteiger partial charge is 0.387 e. The van der Waals surface area contributed by atoms with E-state index in [1.165, 1.54) is 0 Å². The third kappa shape index (κ3) is 5.55. The average molecular weight is 200 g/mol. The van der Waals surface area contributed by atoms with Crippen molar-refractivity contribution >= 4 is 5.96 Å². The Labute approximate surface area is 84.7 Å². The van der Waals surface area contributed by atoms with Crippen molar-refractivity contribution in [3.63, 3.8) is 0 Å². The second-order valence-corrected chi connectivity index (χ2v) is 3.44. The van der Waals surface area contributed by atoms with E-state index in [0.717, 1.165) is 6.42 Å². The summed E-state index contributed by atoms with van der Waals surface area (Å²) in [4.78, 5) is 0. The standard InChI is InChI=1S/C9H20N4O/c1-6(2)8(14)7(10)4-3-5-13-9(11)12/h7-8,14H,1,3-5,10H2,2H3,(H4,11,12,13). The monoisotopic (exact) mass is 200 g/mol. The highest BCUT2D eigenvalue weighted by Crippen LogP contribution is 2.06. The van der Waals surface area contributed by atoms with Crippen LogP contribution in [0.4, 0.5) is 0 Å². The van der Waals surface area contributed by atoms with Crippen LogP contribution in [-0.4, -0.2) is 29.8 Å². The number of rotatable bonds is 6. The lowest BCUT2D eigenvalue weighted by molar-refractivity contribution is 0.174. The van der Waals surface area contributed by atoms with Gasteiger partial charge in [-0.1, -0.05) is 12.2 Å². The van der Waals surface area contributed by atoms with Crippen molar-refractivity contribution in [1.29, 1.82) is 5.41 Å². The first kappa shape index (κ1) is 12.9. The van der Waals surface area contributed by atoms with E-state index in [4.69, 9.17) is 16.9 Å². The molecule has 7 N–H and O–H groups in total. The minimum atomic E-state index is -0.646. The molecule has 0 fully saturated rings. The fourth-order valence-electron chi connectivity index (χ4n) is 1.08. The van der Waals surface area contributed by atoms with Crippen LogP contribution in [0.1, 0.15) is 19.8 Å². The van der Waals surface area contributed by atoms with Crippen LogP contribution in [0.3, 0.4) is 0 Å². The fraction of sp³-hybridized carbons (Fsp3) is 0.667. The number of guanidine groups is 1. The number of aliphatic hydroxyl groups is 1. The van der Waals surface area contributed by atoms with Gasteiger partial charge < -0.3 is 21.9 Å². The number of aliphatic hydroxyl groups excluding tert-OH is 1. The zero-order valence-corrected chi connectivity index (χ0v) is 8.59. The highest BCUT2D eigenvalue weighted by Gasteiger charge is 2.14. The normalized spacial score (nSPS) is 14.5. The van der Waals surface area contributed by atoms with Gasteiger partial charge in [-0.2, -0.15) is 0 Å². The van der Waals surface area contributed by atoms with Gasteiger partial charge in [-0.15, -0.1) is 0 Å². The summed E-state index contributed by atoms with van der Waals surface area (Å²) in [6.45, 7) is 5.98. The molecule has 14 heavy (non-hydrogen) atoms. The van der Waals surface area contributed by atoms with Gasteiger partial charge >= 0.3 is 0 Å². The Bertz CT molecular complexity index is 205. The van der Waals surface area contributed by atoms with Crippen molar-refractivity contribution in [2.24, 2.45) is 11.5 Å². The summed E-state index contributed by atoms with van der Waals surface area (Å²) in [5, 5.41) is 19.1. The lowest BCUT2D eigenvalue weighted by Crippen LogP contribution is -2.37. The lowest BCUT2D eigenvalue weighted by Gasteiger charge is -2.18. The second kappa shape index (κ2) is 6.39. The van der Waals surface area contributed by atoms with E-state index >= 15 is 0 Å². The fourth-order valence-corrected chi connectivity index (χ4v) is 1.08. The minimum absolute atomic E-state index is 0.0426. The molecule has 82 valence electrons. The molecule has 0 aliphatic rings. The summed E-state index contributed by atoms with van der Waals surface area (Å²) in [5.41, 5.74) is 11.5. The van der Waals surface area contributed by atoms with Crippen molar-refractivity contribution in [2.75, 3.05) is 6.54 Å². The van der Waals surface area contributed by atoms with E-state index in [-0.39, 0.29) is 12.0 Å². The van der Waals surface area contributed by atoms with Crippen molar-refractivity contribution in [3.8, 4) is 0 Å². The molecule has 0 aliphatic carbocycles. The van der Waals surface area contributed by atoms with Gasteiger partial charge in [0.2, 0.25) is 0 Å². The zero-order chi connectivity index (χ0) is 11.1. The molecular weight excluding hydrogens is 180 g/mol. The van der Waals surface area contributed by atoms with E-state index in [2.05, 4.69) is 11.9 Å². The van der Waals surface area contributed by atoms with Gasteiger partial charge in [0.15, 0.2) is 5.96 Å². The van der Waals surface area contributed by atoms with E-state index in [9.17, 15) is 5.11 Å². The molecule has 0 aromatic carbocycles. The molecule has 5 heteroatoms. The molecule has 0 aromatic heterocycles. The predicted molar refractivity (Wildman–Crippen MR) is 57.9 cm³/mol. The van der Waals surface area contributed by atoms with Gasteiger partial charge in [0.25, 0.3) is 0 Å². The van der Waals surface area contributed by atoms with Crippen LogP contribution < -0.4 is 16.8 Å². The SMILES string of the molecule is C=C(C)C(O)C(N)CCCNC(=N)N. The van der Waals surface area contributed by atoms with Crippen molar-refractivity contribution < 1.29 is 5.11 Å². The Morgan fingerprint density at radius 3 is 2.64 bits per heavy atom. The molecule has 0 spiro atoms. The van der Waals surface area contributed by atoms with Crippen molar-refractivity contribution in [3.05, 3.63) is 12.2 Å². The quantitative estimate of drug-likeness (QED) is 0.173. The maximum absolute atomic E-state index is 9.49. The molecule has 0 radical (unpaired) electrons. The van der Waals surface area contributed by atoms with E-state index in [1.807, 2.05) is 0 Å². The number of hydrogen-bond acceptors (Lipinski definition) is 3. The highest BCUT2D eigenvalue weighted by molar-refractivity contribution is 5.74. The molecule has 2 unspecified atom stereocenters. The molecule has 0 heterocycles. The van der Waals surface area contributed by atoms with Crippen LogP contribution in [-0.2, 0) is 0 Å². The van der Waals surface area contributed by atoms with Gasteiger partial charge in [0.1, 0.15) is 0 Å². The van der Waals surface area contributed by atoms with Gasteiger partial charge in [-0.25, -0.2) is 0 Å². The molecule has 0 saturated carbocycles. The third-order valence-corrected chi connectivity index (χ3v) is 1.94. The Balaban J connectivity index is 3.58. The molecule has 0 aromatic rings. The van der Waals surface area contributed by atoms with Crippen LogP contribution in [0, 0.1) is 5.41 Å². The number of hydrogen-bond donors (Lipinski definition) is 5. The van der Waals surface area contributed by atoms with E-state index in [1.54, 1.807) is 6.92 Å². The molecule has 2 atom stereocenters. The molecule has 0 saturated heterocycles. The molecule has 0 bridgehead atoms. The van der Waals surface area contributed by atoms with Crippen LogP contribution in [0.2, 0.25) is 0 Å². The molecule has 5 nitrogen and oxygen atoms in total. The molecular formula is C9H20N4O. The highest BCUT2D eigenvalue weighted by atomic mass is 16.3. The summed E-state index contributed by atoms with van der Waals surface area (Å²) in [7, 11) is 0. The first-order valence-corrected chi connectivity index (χ1v) is 4.62. The number of nitrogens with two attached hydrogens (primary N) is 2. The van der Waals surface area contributed by atoms with Gasteiger partial charge in [-0.3, -0.25) is 5.41 Å². The van der Waals surface area contributed by atoms with Gasteiger partial charge in [0.05, 0.1) is 6.10 Å². The van der Waals surface area contributed by atoms with Gasteiger partial charge in [0, 0.05) is 12.6 Å². The first-order valence-electron chi connectivity index (χ1n) is 4.62. The average Bonchev–Trinajstić information content (AvgIpc) is 2.10. The summed E-state index contributed by atoms with van der Waals surface area (Å²) in [5.74, 6) is -0.0426. The smallest absolute Gasteiger partial charge is 0.185 e. The maximum Gasteiger partial charge on any atom is 0.185 e. The Hall–Kier alpha value is -1.07. The summed E-state index contributed by atoms with van der Waals surface area (Å²) in [6.07, 6.45) is 0.798. The van der Waals surface area contributed by atoms with Crippen LogP contribution in [0.25, 0.3) is 0 Å². The van der Waals surface area contributed by atoms with Crippen LogP contribution in [0.15, 0.2) is 12.2 Å². The molecule has 0 aliphatic heterocycles. The van der Waals surface area contributed by atoms with Gasteiger partial charge in [-0.05, 0) is 19.8 Å². The summed E-state index contributed by atoms with van der Waals surface area (Å²) >= 11 is 0. The lowest BCUT2D eigenvalue weighted by atomic mass is 10.0. The minimum Gasteiger partial charge on any atom is -0.387 e. The topological polar surface area (TPSA) is 108 Å². The summed E-state index contributed by atoms with van der Waals surface area (Å²) in [6, 6.07) is -0.291. The van der Waals surface area contributed by atoms with Crippen molar-refractivity contribution in [2.45, 2.75) is 31.9 Å². The Morgan fingerprint density at radius 2 is 2.21 bits per heavy atom. The predicted octanol–water partition coefficient (Wildman–Crippen LogP) is -0.486. The van der Waals surface area contributed by atoms with Crippen LogP contribution >= 0.6 is 0 Å². The van der Waals surface area contributed by atoms with Crippen LogP contribution in [0.5, 0.6) is 0 Å². The van der Waals surface area contributed by atoms with E-state index < -0.39 is 6.10 Å². The summed E-state index contributed by atoms with van der Waals surface area (Å²) < 4.78 is 0. The zero-order valence-electron chi connectivity index (χ0n) is 8.59. The third-order valence-electron chi connectivity index (χ3n) is 1.94.